The maximum absolute atomic E-state index is 13.2. The van der Waals surface area contributed by atoms with E-state index in [1.807, 2.05) is 19.1 Å². The van der Waals surface area contributed by atoms with Crippen molar-refractivity contribution in [1.29, 1.82) is 0 Å². The van der Waals surface area contributed by atoms with Gasteiger partial charge in [-0.05, 0) is 54.5 Å². The van der Waals surface area contributed by atoms with Crippen LogP contribution >= 0.6 is 0 Å². The van der Waals surface area contributed by atoms with Gasteiger partial charge in [-0.1, -0.05) is 29.8 Å². The molecule has 25 heavy (non-hydrogen) atoms. The van der Waals surface area contributed by atoms with Crippen LogP contribution in [0.5, 0.6) is 0 Å². The van der Waals surface area contributed by atoms with Gasteiger partial charge in [0.15, 0.2) is 0 Å². The summed E-state index contributed by atoms with van der Waals surface area (Å²) in [4.78, 5) is 26.6. The van der Waals surface area contributed by atoms with Gasteiger partial charge in [-0.15, -0.1) is 0 Å². The Bertz CT molecular complexity index is 862. The minimum atomic E-state index is -0.514. The molecule has 1 aliphatic carbocycles. The first-order valence-corrected chi connectivity index (χ1v) is 8.42. The first-order valence-electron chi connectivity index (χ1n) is 8.42. The molecule has 128 valence electrons. The summed E-state index contributed by atoms with van der Waals surface area (Å²) in [7, 11) is 0. The zero-order valence-electron chi connectivity index (χ0n) is 13.9. The van der Waals surface area contributed by atoms with E-state index in [2.05, 4.69) is 0 Å². The highest BCUT2D eigenvalue weighted by atomic mass is 19.1. The number of aryl methyl sites for hydroxylation is 1. The average molecular weight is 338 g/mol. The molecule has 2 aromatic rings. The average Bonchev–Trinajstić information content (AvgIpc) is 3.24. The third-order valence-electron chi connectivity index (χ3n) is 5.26. The summed E-state index contributed by atoms with van der Waals surface area (Å²) in [6.07, 6.45) is 0.968. The number of rotatable bonds is 3. The van der Waals surface area contributed by atoms with Crippen LogP contribution in [0.2, 0.25) is 0 Å². The van der Waals surface area contributed by atoms with Gasteiger partial charge in [0.25, 0.3) is 5.91 Å². The topological polar surface area (TPSA) is 63.4 Å². The fourth-order valence-corrected chi connectivity index (χ4v) is 3.91. The number of benzene rings is 2. The Labute approximate surface area is 145 Å². The lowest BCUT2D eigenvalue weighted by Crippen LogP contribution is -2.46. The molecule has 1 aliphatic heterocycles. The Morgan fingerprint density at radius 3 is 2.56 bits per heavy atom. The molecule has 0 spiro atoms. The number of carbonyl (C=O) groups is 2. The number of piperidine rings is 1. The van der Waals surface area contributed by atoms with Crippen molar-refractivity contribution in [3.05, 3.63) is 59.4 Å². The maximum Gasteiger partial charge on any atom is 0.255 e. The quantitative estimate of drug-likeness (QED) is 0.935. The molecule has 0 aromatic heterocycles. The van der Waals surface area contributed by atoms with Gasteiger partial charge in [-0.25, -0.2) is 4.39 Å². The van der Waals surface area contributed by atoms with Crippen molar-refractivity contribution in [1.82, 2.24) is 4.90 Å². The molecular formula is C20H19FN2O2. The minimum absolute atomic E-state index is 0.185. The number of nitrogens with two attached hydrogens (primary N) is 1. The van der Waals surface area contributed by atoms with Gasteiger partial charge in [0.2, 0.25) is 5.91 Å². The van der Waals surface area contributed by atoms with E-state index in [1.165, 1.54) is 12.1 Å². The van der Waals surface area contributed by atoms with Gasteiger partial charge >= 0.3 is 0 Å². The van der Waals surface area contributed by atoms with E-state index < -0.39 is 11.9 Å². The zero-order valence-corrected chi connectivity index (χ0v) is 13.9. The molecule has 2 amide bonds. The second-order valence-electron chi connectivity index (χ2n) is 7.02. The van der Waals surface area contributed by atoms with Gasteiger partial charge < -0.3 is 10.6 Å². The SMILES string of the molecule is Cc1ccc(C(=O)N2C[C@H]3C[C@H]3[C@H]2C(N)=O)c(-c2ccc(F)cc2)c1. The monoisotopic (exact) mass is 338 g/mol. The second kappa shape index (κ2) is 5.69. The van der Waals surface area contributed by atoms with E-state index >= 15 is 0 Å². The molecule has 0 radical (unpaired) electrons. The molecule has 2 aromatic carbocycles. The summed E-state index contributed by atoms with van der Waals surface area (Å²) in [6.45, 7) is 2.52. The van der Waals surface area contributed by atoms with E-state index in [1.54, 1.807) is 23.1 Å². The molecule has 2 fully saturated rings. The predicted molar refractivity (Wildman–Crippen MR) is 92.2 cm³/mol. The van der Waals surface area contributed by atoms with Crippen LogP contribution in [-0.2, 0) is 4.79 Å². The lowest BCUT2D eigenvalue weighted by atomic mass is 9.96. The summed E-state index contributed by atoms with van der Waals surface area (Å²) >= 11 is 0. The van der Waals surface area contributed by atoms with Crippen LogP contribution in [-0.4, -0.2) is 29.3 Å². The summed E-state index contributed by atoms with van der Waals surface area (Å²) in [5, 5.41) is 0. The van der Waals surface area contributed by atoms with Crippen molar-refractivity contribution >= 4 is 11.8 Å². The van der Waals surface area contributed by atoms with Gasteiger partial charge in [0.1, 0.15) is 11.9 Å². The number of halogens is 1. The number of carbonyl (C=O) groups excluding carboxylic acids is 2. The Hall–Kier alpha value is -2.69. The molecule has 2 aliphatic rings. The van der Waals surface area contributed by atoms with Crippen molar-refractivity contribution in [3.8, 4) is 11.1 Å². The molecule has 1 saturated carbocycles. The largest absolute Gasteiger partial charge is 0.368 e. The molecule has 3 atom stereocenters. The first kappa shape index (κ1) is 15.8. The van der Waals surface area contributed by atoms with E-state index in [4.69, 9.17) is 5.73 Å². The fourth-order valence-electron chi connectivity index (χ4n) is 3.91. The number of nitrogens with zero attached hydrogens (tertiary/aromatic N) is 1. The highest BCUT2D eigenvalue weighted by Crippen LogP contribution is 2.50. The van der Waals surface area contributed by atoms with E-state index in [9.17, 15) is 14.0 Å². The van der Waals surface area contributed by atoms with Gasteiger partial charge in [-0.2, -0.15) is 0 Å². The predicted octanol–water partition coefficient (Wildman–Crippen LogP) is 2.75. The molecule has 0 bridgehead atoms. The van der Waals surface area contributed by atoms with Crippen molar-refractivity contribution in [3.63, 3.8) is 0 Å². The Morgan fingerprint density at radius 1 is 1.16 bits per heavy atom. The van der Waals surface area contributed by atoms with Gasteiger partial charge in [0, 0.05) is 12.1 Å². The summed E-state index contributed by atoms with van der Waals surface area (Å²) < 4.78 is 13.2. The van der Waals surface area contributed by atoms with Crippen LogP contribution in [0.25, 0.3) is 11.1 Å². The van der Waals surface area contributed by atoms with Gasteiger partial charge in [0.05, 0.1) is 0 Å². The number of hydrogen-bond acceptors (Lipinski definition) is 2. The van der Waals surface area contributed by atoms with Crippen LogP contribution in [0.3, 0.4) is 0 Å². The van der Waals surface area contributed by atoms with Crippen LogP contribution in [0.15, 0.2) is 42.5 Å². The van der Waals surface area contributed by atoms with Crippen LogP contribution in [0.1, 0.15) is 22.3 Å². The van der Waals surface area contributed by atoms with Crippen LogP contribution in [0, 0.1) is 24.6 Å². The highest BCUT2D eigenvalue weighted by Gasteiger charge is 2.56. The lowest BCUT2D eigenvalue weighted by Gasteiger charge is -2.26. The van der Waals surface area contributed by atoms with Gasteiger partial charge in [-0.3, -0.25) is 9.59 Å². The van der Waals surface area contributed by atoms with Crippen molar-refractivity contribution in [2.24, 2.45) is 17.6 Å². The molecular weight excluding hydrogens is 319 g/mol. The molecule has 0 unspecified atom stereocenters. The number of likely N-dealkylation sites (tertiary alicyclic amines) is 1. The second-order valence-corrected chi connectivity index (χ2v) is 7.02. The number of hydrogen-bond donors (Lipinski definition) is 1. The van der Waals surface area contributed by atoms with Crippen LogP contribution < -0.4 is 5.73 Å². The number of amides is 2. The standard InChI is InChI=1S/C20H19FN2O2/c1-11-2-7-15(16(8-11)12-3-5-14(21)6-4-12)20(25)23-10-13-9-17(13)18(23)19(22)24/h2-8,13,17-18H,9-10H2,1H3,(H2,22,24)/t13-,17-,18+/m1/s1. The summed E-state index contributed by atoms with van der Waals surface area (Å²) in [5.74, 6) is -0.343. The van der Waals surface area contributed by atoms with E-state index in [0.717, 1.165) is 23.1 Å². The maximum atomic E-state index is 13.2. The molecule has 4 nitrogen and oxygen atoms in total. The fraction of sp³-hybridized carbons (Fsp3) is 0.300. The zero-order chi connectivity index (χ0) is 17.7. The molecule has 4 rings (SSSR count). The Morgan fingerprint density at radius 2 is 1.88 bits per heavy atom. The Balaban J connectivity index is 1.74. The molecule has 2 N–H and O–H groups in total. The summed E-state index contributed by atoms with van der Waals surface area (Å²) in [6, 6.07) is 11.1. The molecule has 1 saturated heterocycles. The molecule has 5 heteroatoms. The third kappa shape index (κ3) is 2.69. The van der Waals surface area contributed by atoms with Crippen molar-refractivity contribution < 1.29 is 14.0 Å². The number of primary amides is 1. The van der Waals surface area contributed by atoms with Crippen LogP contribution in [0.4, 0.5) is 4.39 Å². The summed E-state index contributed by atoms with van der Waals surface area (Å²) in [5.41, 5.74) is 8.58. The lowest BCUT2D eigenvalue weighted by molar-refractivity contribution is -0.122. The van der Waals surface area contributed by atoms with E-state index in [-0.39, 0.29) is 17.6 Å². The third-order valence-corrected chi connectivity index (χ3v) is 5.26. The molecule has 1 heterocycles. The Kier molecular flexibility index (Phi) is 3.60. The highest BCUT2D eigenvalue weighted by molar-refractivity contribution is 6.03. The van der Waals surface area contributed by atoms with Crippen molar-refractivity contribution in [2.45, 2.75) is 19.4 Å². The smallest absolute Gasteiger partial charge is 0.255 e. The first-order chi connectivity index (χ1) is 12.0. The minimum Gasteiger partial charge on any atom is -0.368 e. The number of fused-ring (bicyclic) bond motifs is 1. The van der Waals surface area contributed by atoms with E-state index in [0.29, 0.717) is 18.0 Å². The van der Waals surface area contributed by atoms with Crippen molar-refractivity contribution in [2.75, 3.05) is 6.54 Å². The normalized spacial score (nSPS) is 24.1.